The first-order valence-corrected chi connectivity index (χ1v) is 17.6. The van der Waals surface area contributed by atoms with Gasteiger partial charge in [-0.1, -0.05) is 42.5 Å². The van der Waals surface area contributed by atoms with E-state index in [1.165, 1.54) is 17.0 Å². The van der Waals surface area contributed by atoms with Crippen LogP contribution in [0.3, 0.4) is 0 Å². The average molecular weight is 643 g/mol. The largest absolute Gasteiger partial charge is 0.349 e. The Morgan fingerprint density at radius 3 is 2.20 bits per heavy atom. The molecule has 9 nitrogen and oxygen atoms in total. The van der Waals surface area contributed by atoms with Gasteiger partial charge in [0.05, 0.1) is 17.5 Å². The fraction of sp³-hybridized carbons (Fsp3) is 0.545. The topological polar surface area (TPSA) is 116 Å². The summed E-state index contributed by atoms with van der Waals surface area (Å²) in [5, 5.41) is 6.17. The Kier molecular flexibility index (Phi) is 8.49. The van der Waals surface area contributed by atoms with Gasteiger partial charge in [-0.05, 0) is 68.2 Å². The van der Waals surface area contributed by atoms with Crippen LogP contribution in [0.4, 0.5) is 13.6 Å². The van der Waals surface area contributed by atoms with E-state index in [1.54, 1.807) is 12.1 Å². The molecule has 12 heteroatoms. The van der Waals surface area contributed by atoms with Crippen LogP contribution in [-0.2, 0) is 26.0 Å². The summed E-state index contributed by atoms with van der Waals surface area (Å²) in [4.78, 5) is 43.8. The van der Waals surface area contributed by atoms with Crippen molar-refractivity contribution in [2.24, 2.45) is 5.92 Å². The van der Waals surface area contributed by atoms with E-state index in [1.807, 2.05) is 30.3 Å². The van der Waals surface area contributed by atoms with E-state index in [4.69, 9.17) is 0 Å². The number of piperidine rings is 1. The first-order valence-electron chi connectivity index (χ1n) is 15.8. The molecular formula is C33H40F2N4O5S. The molecule has 2 aromatic carbocycles. The minimum Gasteiger partial charge on any atom is -0.349 e. The van der Waals surface area contributed by atoms with Crippen molar-refractivity contribution in [2.45, 2.75) is 98.8 Å². The van der Waals surface area contributed by atoms with Crippen molar-refractivity contribution in [1.82, 2.24) is 20.4 Å². The molecule has 6 rings (SSSR count). The molecule has 242 valence electrons. The summed E-state index contributed by atoms with van der Waals surface area (Å²) >= 11 is 0. The highest BCUT2D eigenvalue weighted by molar-refractivity contribution is 7.90. The molecule has 1 spiro atoms. The number of fused-ring (bicyclic) bond motifs is 2. The van der Waals surface area contributed by atoms with E-state index in [9.17, 15) is 31.6 Å². The maximum absolute atomic E-state index is 13.7. The first kappa shape index (κ1) is 31.6. The number of sulfone groups is 1. The standard InChI is InChI=1S/C33H40F2N4O5S/c1-45(43,44)27-11-7-22(8-12-27)21-39-30(41)32(37-31(39)42)19-25-9-10-26(20-32)38(25)18-15-28(23-5-3-2-4-6-23)36-29(40)24-13-16-33(34,35)17-14-24/h2-8,11-12,24-26,28H,9-10,13-21H2,1H3,(H,36,40)(H,37,42)/t25?,26?,28-,32?/m0/s1. The number of carbonyl (C=O) groups excluding carboxylic acids is 3. The van der Waals surface area contributed by atoms with E-state index in [-0.39, 0.29) is 67.1 Å². The number of benzene rings is 2. The molecule has 2 N–H and O–H groups in total. The lowest BCUT2D eigenvalue weighted by atomic mass is 9.82. The van der Waals surface area contributed by atoms with Crippen molar-refractivity contribution in [3.05, 3.63) is 65.7 Å². The van der Waals surface area contributed by atoms with Gasteiger partial charge in [-0.2, -0.15) is 0 Å². The number of hydrogen-bond acceptors (Lipinski definition) is 6. The summed E-state index contributed by atoms with van der Waals surface area (Å²) in [5.74, 6) is -3.53. The van der Waals surface area contributed by atoms with Crippen LogP contribution >= 0.6 is 0 Å². The van der Waals surface area contributed by atoms with Gasteiger partial charge in [0.25, 0.3) is 5.91 Å². The van der Waals surface area contributed by atoms with Gasteiger partial charge in [0.1, 0.15) is 5.54 Å². The molecule has 3 aliphatic heterocycles. The Balaban J connectivity index is 1.10. The number of nitrogens with zero attached hydrogens (tertiary/aromatic N) is 2. The van der Waals surface area contributed by atoms with Crippen LogP contribution < -0.4 is 10.6 Å². The number of urea groups is 1. The maximum Gasteiger partial charge on any atom is 0.325 e. The number of amides is 4. The molecule has 4 fully saturated rings. The van der Waals surface area contributed by atoms with Gasteiger partial charge in [-0.15, -0.1) is 0 Å². The van der Waals surface area contributed by atoms with Crippen LogP contribution in [0.2, 0.25) is 0 Å². The zero-order valence-electron chi connectivity index (χ0n) is 25.4. The predicted molar refractivity (Wildman–Crippen MR) is 163 cm³/mol. The summed E-state index contributed by atoms with van der Waals surface area (Å²) in [6.45, 7) is 0.749. The van der Waals surface area contributed by atoms with E-state index >= 15 is 0 Å². The second-order valence-electron chi connectivity index (χ2n) is 13.2. The number of nitrogens with one attached hydrogen (secondary N) is 2. The van der Waals surface area contributed by atoms with E-state index < -0.39 is 33.2 Å². The Hall–Kier alpha value is -3.38. The van der Waals surface area contributed by atoms with E-state index in [0.29, 0.717) is 31.4 Å². The lowest BCUT2D eigenvalue weighted by molar-refractivity contribution is -0.134. The molecule has 4 amide bonds. The Labute approximate surface area is 262 Å². The van der Waals surface area contributed by atoms with Gasteiger partial charge in [0.2, 0.25) is 11.8 Å². The minimum absolute atomic E-state index is 0.0621. The third-order valence-corrected chi connectivity index (χ3v) is 11.3. The molecule has 3 atom stereocenters. The van der Waals surface area contributed by atoms with Gasteiger partial charge in [0.15, 0.2) is 9.84 Å². The van der Waals surface area contributed by atoms with Crippen molar-refractivity contribution in [2.75, 3.05) is 12.8 Å². The molecule has 0 radical (unpaired) electrons. The molecule has 2 aromatic rings. The van der Waals surface area contributed by atoms with E-state index in [2.05, 4.69) is 15.5 Å². The van der Waals surface area contributed by atoms with Gasteiger partial charge in [-0.25, -0.2) is 22.0 Å². The highest BCUT2D eigenvalue weighted by atomic mass is 32.2. The Morgan fingerprint density at radius 1 is 0.978 bits per heavy atom. The van der Waals surface area contributed by atoms with Crippen molar-refractivity contribution >= 4 is 27.7 Å². The Morgan fingerprint density at radius 2 is 1.60 bits per heavy atom. The van der Waals surface area contributed by atoms with Gasteiger partial charge >= 0.3 is 6.03 Å². The summed E-state index contributed by atoms with van der Waals surface area (Å²) in [6, 6.07) is 15.4. The molecule has 1 saturated carbocycles. The number of rotatable bonds is 9. The smallest absolute Gasteiger partial charge is 0.325 e. The Bertz CT molecular complexity index is 1530. The van der Waals surface area contributed by atoms with Crippen LogP contribution in [0.5, 0.6) is 0 Å². The zero-order chi connectivity index (χ0) is 32.0. The minimum atomic E-state index is -3.35. The number of alkyl halides is 2. The average Bonchev–Trinajstić information content (AvgIpc) is 3.37. The van der Waals surface area contributed by atoms with Crippen LogP contribution in [-0.4, -0.2) is 72.4 Å². The lowest BCUT2D eigenvalue weighted by Crippen LogP contribution is -2.59. The van der Waals surface area contributed by atoms with Crippen LogP contribution in [0, 0.1) is 5.92 Å². The predicted octanol–water partition coefficient (Wildman–Crippen LogP) is 4.58. The quantitative estimate of drug-likeness (QED) is 0.387. The number of carbonyl (C=O) groups is 3. The molecule has 3 saturated heterocycles. The number of hydrogen-bond donors (Lipinski definition) is 2. The summed E-state index contributed by atoms with van der Waals surface area (Å²) < 4.78 is 51.0. The molecule has 2 unspecified atom stereocenters. The molecule has 0 aromatic heterocycles. The fourth-order valence-corrected chi connectivity index (χ4v) is 8.34. The van der Waals surface area contributed by atoms with Crippen molar-refractivity contribution in [3.63, 3.8) is 0 Å². The van der Waals surface area contributed by atoms with Gasteiger partial charge in [0, 0.05) is 43.6 Å². The number of imide groups is 1. The molecule has 45 heavy (non-hydrogen) atoms. The second-order valence-corrected chi connectivity index (χ2v) is 15.3. The molecule has 3 heterocycles. The van der Waals surface area contributed by atoms with E-state index in [0.717, 1.165) is 24.7 Å². The summed E-state index contributed by atoms with van der Waals surface area (Å²) in [7, 11) is -3.35. The van der Waals surface area contributed by atoms with Crippen LogP contribution in [0.25, 0.3) is 0 Å². The SMILES string of the molecule is CS(=O)(=O)c1ccc(CN2C(=O)NC3(CC4CCC(C3)N4CC[C@H](NC(=O)C3CCC(F)(F)CC3)c3ccccc3)C2=O)cc1. The zero-order valence-corrected chi connectivity index (χ0v) is 26.2. The van der Waals surface area contributed by atoms with Gasteiger partial charge in [-0.3, -0.25) is 19.4 Å². The highest BCUT2D eigenvalue weighted by Gasteiger charge is 2.58. The second kappa shape index (κ2) is 12.1. The summed E-state index contributed by atoms with van der Waals surface area (Å²) in [6.07, 6.45) is 4.40. The maximum atomic E-state index is 13.7. The van der Waals surface area contributed by atoms with Crippen molar-refractivity contribution < 1.29 is 31.6 Å². The third kappa shape index (κ3) is 6.63. The lowest BCUT2D eigenvalue weighted by Gasteiger charge is -2.43. The van der Waals surface area contributed by atoms with Crippen molar-refractivity contribution in [1.29, 1.82) is 0 Å². The fourth-order valence-electron chi connectivity index (χ4n) is 7.70. The van der Waals surface area contributed by atoms with Gasteiger partial charge < -0.3 is 10.6 Å². The van der Waals surface area contributed by atoms with Crippen LogP contribution in [0.15, 0.2) is 59.5 Å². The molecule has 4 aliphatic rings. The van der Waals surface area contributed by atoms with Crippen LogP contribution in [0.1, 0.15) is 75.0 Å². The molecular weight excluding hydrogens is 602 g/mol. The normalized spacial score (nSPS) is 27.5. The molecule has 2 bridgehead atoms. The molecule has 1 aliphatic carbocycles. The third-order valence-electron chi connectivity index (χ3n) is 10.2. The number of halogens is 2. The first-order chi connectivity index (χ1) is 21.3. The summed E-state index contributed by atoms with van der Waals surface area (Å²) in [5.41, 5.74) is 0.660. The highest BCUT2D eigenvalue weighted by Crippen LogP contribution is 2.44. The van der Waals surface area contributed by atoms with Crippen molar-refractivity contribution in [3.8, 4) is 0 Å². The monoisotopic (exact) mass is 642 g/mol.